The number of aliphatic hydroxyl groups is 2. The summed E-state index contributed by atoms with van der Waals surface area (Å²) in [5.41, 5.74) is 4.81. The average Bonchev–Trinajstić information content (AvgIpc) is 2.13. The lowest BCUT2D eigenvalue weighted by Gasteiger charge is -2.33. The highest BCUT2D eigenvalue weighted by molar-refractivity contribution is 5.90. The van der Waals surface area contributed by atoms with Crippen LogP contribution in [0.25, 0.3) is 0 Å². The number of nitrogens with zero attached hydrogens (tertiary/aromatic N) is 1. The number of primary amides is 1. The summed E-state index contributed by atoms with van der Waals surface area (Å²) in [5.74, 6) is -1.82. The Labute approximate surface area is 95.0 Å². The summed E-state index contributed by atoms with van der Waals surface area (Å²) in [6.45, 7) is 7.12. The summed E-state index contributed by atoms with van der Waals surface area (Å²) in [4.78, 5) is 23.8. The maximum absolute atomic E-state index is 11.8. The van der Waals surface area contributed by atoms with Gasteiger partial charge in [-0.1, -0.05) is 0 Å². The molecular weight excluding hydrogens is 212 g/mol. The molecule has 0 aliphatic rings. The van der Waals surface area contributed by atoms with E-state index >= 15 is 0 Å². The Hall–Kier alpha value is -1.14. The molecule has 0 aliphatic heterocycles. The topological polar surface area (TPSA) is 104 Å². The summed E-state index contributed by atoms with van der Waals surface area (Å²) >= 11 is 0. The van der Waals surface area contributed by atoms with Gasteiger partial charge in [0.2, 0.25) is 5.91 Å². The van der Waals surface area contributed by atoms with Gasteiger partial charge < -0.3 is 20.8 Å². The molecule has 2 atom stereocenters. The van der Waals surface area contributed by atoms with Crippen LogP contribution in [0.4, 0.5) is 0 Å². The van der Waals surface area contributed by atoms with E-state index in [1.165, 1.54) is 4.90 Å². The number of aliphatic hydroxyl groups excluding tert-OH is 2. The second-order valence-electron chi connectivity index (χ2n) is 4.23. The van der Waals surface area contributed by atoms with E-state index in [9.17, 15) is 19.8 Å². The van der Waals surface area contributed by atoms with Crippen molar-refractivity contribution in [2.75, 3.05) is 0 Å². The van der Waals surface area contributed by atoms with Crippen molar-refractivity contribution in [3.63, 3.8) is 0 Å². The number of amides is 2. The van der Waals surface area contributed by atoms with E-state index in [2.05, 4.69) is 0 Å². The molecule has 0 aromatic carbocycles. The zero-order valence-corrected chi connectivity index (χ0v) is 10.0. The summed E-state index contributed by atoms with van der Waals surface area (Å²) < 4.78 is 0. The van der Waals surface area contributed by atoms with Crippen LogP contribution in [0.2, 0.25) is 0 Å². The Morgan fingerprint density at radius 3 is 1.62 bits per heavy atom. The minimum Gasteiger partial charge on any atom is -0.380 e. The van der Waals surface area contributed by atoms with E-state index in [1.807, 2.05) is 0 Å². The molecule has 94 valence electrons. The molecule has 0 radical (unpaired) electrons. The van der Waals surface area contributed by atoms with Crippen LogP contribution in [0.3, 0.4) is 0 Å². The fraction of sp³-hybridized carbons (Fsp3) is 0.800. The Kier molecular flexibility index (Phi) is 5.40. The maximum atomic E-state index is 11.8. The third-order valence-corrected chi connectivity index (χ3v) is 2.21. The van der Waals surface area contributed by atoms with Gasteiger partial charge in [0, 0.05) is 12.1 Å². The second-order valence-corrected chi connectivity index (χ2v) is 4.23. The second kappa shape index (κ2) is 5.81. The van der Waals surface area contributed by atoms with Gasteiger partial charge in [-0.05, 0) is 27.7 Å². The number of rotatable bonds is 5. The quantitative estimate of drug-likeness (QED) is 0.556. The summed E-state index contributed by atoms with van der Waals surface area (Å²) in [5, 5.41) is 18.7. The molecule has 0 aromatic rings. The monoisotopic (exact) mass is 232 g/mol. The highest BCUT2D eigenvalue weighted by atomic mass is 16.3. The highest BCUT2D eigenvalue weighted by Crippen LogP contribution is 2.09. The number of nitrogens with two attached hydrogens (primary N) is 1. The smallest absolute Gasteiger partial charge is 0.255 e. The maximum Gasteiger partial charge on any atom is 0.255 e. The van der Waals surface area contributed by atoms with Crippen LogP contribution < -0.4 is 5.73 Å². The van der Waals surface area contributed by atoms with Gasteiger partial charge in [-0.25, -0.2) is 0 Å². The number of hydrogen-bond donors (Lipinski definition) is 3. The zero-order chi connectivity index (χ0) is 13.0. The van der Waals surface area contributed by atoms with Crippen molar-refractivity contribution < 1.29 is 19.8 Å². The van der Waals surface area contributed by atoms with Crippen molar-refractivity contribution in [2.24, 2.45) is 5.73 Å². The minimum absolute atomic E-state index is 0.137. The van der Waals surface area contributed by atoms with Crippen LogP contribution in [0.5, 0.6) is 0 Å². The van der Waals surface area contributed by atoms with E-state index in [-0.39, 0.29) is 12.1 Å². The third kappa shape index (κ3) is 3.46. The van der Waals surface area contributed by atoms with Gasteiger partial charge >= 0.3 is 0 Å². The largest absolute Gasteiger partial charge is 0.380 e. The predicted molar refractivity (Wildman–Crippen MR) is 58.3 cm³/mol. The molecule has 2 amide bonds. The first kappa shape index (κ1) is 14.9. The van der Waals surface area contributed by atoms with Crippen LogP contribution in [-0.2, 0) is 9.59 Å². The van der Waals surface area contributed by atoms with Crippen molar-refractivity contribution in [1.29, 1.82) is 0 Å². The average molecular weight is 232 g/mol. The van der Waals surface area contributed by atoms with Crippen molar-refractivity contribution in [3.8, 4) is 0 Å². The first-order chi connectivity index (χ1) is 7.20. The van der Waals surface area contributed by atoms with Gasteiger partial charge in [0.1, 0.15) is 0 Å². The van der Waals surface area contributed by atoms with Gasteiger partial charge in [0.05, 0.1) is 0 Å². The van der Waals surface area contributed by atoms with Gasteiger partial charge in [-0.15, -0.1) is 0 Å². The van der Waals surface area contributed by atoms with Crippen LogP contribution in [-0.4, -0.2) is 51.2 Å². The van der Waals surface area contributed by atoms with Crippen LogP contribution in [0.1, 0.15) is 27.7 Å². The van der Waals surface area contributed by atoms with E-state index < -0.39 is 24.0 Å². The molecule has 0 heterocycles. The molecule has 0 saturated heterocycles. The lowest BCUT2D eigenvalue weighted by atomic mass is 10.1. The van der Waals surface area contributed by atoms with Crippen molar-refractivity contribution in [3.05, 3.63) is 0 Å². The zero-order valence-electron chi connectivity index (χ0n) is 10.0. The molecule has 0 saturated carbocycles. The van der Waals surface area contributed by atoms with Gasteiger partial charge in [0.25, 0.3) is 5.91 Å². The van der Waals surface area contributed by atoms with Crippen LogP contribution in [0, 0.1) is 0 Å². The predicted octanol–water partition coefficient (Wildman–Crippen LogP) is -1.16. The normalized spacial score (nSPS) is 15.0. The fourth-order valence-corrected chi connectivity index (χ4v) is 1.55. The van der Waals surface area contributed by atoms with Crippen molar-refractivity contribution >= 4 is 11.8 Å². The highest BCUT2D eigenvalue weighted by Gasteiger charge is 2.34. The SMILES string of the molecule is CC(C)N(C(=O)[C@H](O)[C@@H](O)C(N)=O)C(C)C. The Bertz CT molecular complexity index is 258. The summed E-state index contributed by atoms with van der Waals surface area (Å²) in [6.07, 6.45) is -3.67. The molecule has 6 heteroatoms. The van der Waals surface area contributed by atoms with E-state index in [0.717, 1.165) is 0 Å². The first-order valence-electron chi connectivity index (χ1n) is 5.17. The molecule has 4 N–H and O–H groups in total. The number of carbonyl (C=O) groups excluding carboxylic acids is 2. The number of carbonyl (C=O) groups is 2. The molecule has 0 spiro atoms. The van der Waals surface area contributed by atoms with E-state index in [4.69, 9.17) is 5.73 Å². The Morgan fingerprint density at radius 2 is 1.38 bits per heavy atom. The molecule has 6 nitrogen and oxygen atoms in total. The van der Waals surface area contributed by atoms with Crippen molar-refractivity contribution in [1.82, 2.24) is 4.90 Å². The Balaban J connectivity index is 4.81. The lowest BCUT2D eigenvalue weighted by Crippen LogP contribution is -2.53. The summed E-state index contributed by atoms with van der Waals surface area (Å²) in [6, 6.07) is -0.274. The molecular formula is C10H20N2O4. The third-order valence-electron chi connectivity index (χ3n) is 2.21. The van der Waals surface area contributed by atoms with Crippen LogP contribution in [0.15, 0.2) is 0 Å². The molecule has 0 bridgehead atoms. The van der Waals surface area contributed by atoms with Crippen LogP contribution >= 0.6 is 0 Å². The van der Waals surface area contributed by atoms with Gasteiger partial charge in [0.15, 0.2) is 12.2 Å². The molecule has 0 rings (SSSR count). The minimum atomic E-state index is -1.87. The number of hydrogen-bond acceptors (Lipinski definition) is 4. The lowest BCUT2D eigenvalue weighted by molar-refractivity contribution is -0.154. The van der Waals surface area contributed by atoms with E-state index in [1.54, 1.807) is 27.7 Å². The first-order valence-corrected chi connectivity index (χ1v) is 5.17. The molecule has 0 fully saturated rings. The molecule has 0 aliphatic carbocycles. The van der Waals surface area contributed by atoms with Gasteiger partial charge in [-0.2, -0.15) is 0 Å². The summed E-state index contributed by atoms with van der Waals surface area (Å²) in [7, 11) is 0. The van der Waals surface area contributed by atoms with Gasteiger partial charge in [-0.3, -0.25) is 9.59 Å². The molecule has 0 unspecified atom stereocenters. The fourth-order valence-electron chi connectivity index (χ4n) is 1.55. The Morgan fingerprint density at radius 1 is 1.00 bits per heavy atom. The molecule has 16 heavy (non-hydrogen) atoms. The molecule has 0 aromatic heterocycles. The van der Waals surface area contributed by atoms with E-state index in [0.29, 0.717) is 0 Å². The van der Waals surface area contributed by atoms with Crippen molar-refractivity contribution in [2.45, 2.75) is 52.0 Å². The standard InChI is InChI=1S/C10H20N2O4/c1-5(2)12(6(3)4)10(16)8(14)7(13)9(11)15/h5-8,13-14H,1-4H3,(H2,11,15)/t7-,8-/m1/s1.